The van der Waals surface area contributed by atoms with Crippen molar-refractivity contribution in [3.05, 3.63) is 48.0 Å². The van der Waals surface area contributed by atoms with E-state index in [1.165, 1.54) is 6.07 Å². The van der Waals surface area contributed by atoms with Gasteiger partial charge in [0.15, 0.2) is 0 Å². The molecule has 2 rings (SSSR count). The Morgan fingerprint density at radius 3 is 2.14 bits per heavy atom. The van der Waals surface area contributed by atoms with Crippen LogP contribution in [0.15, 0.2) is 47.4 Å². The lowest BCUT2D eigenvalue weighted by atomic mass is 10.2. The summed E-state index contributed by atoms with van der Waals surface area (Å²) in [6, 6.07) is 11.8. The van der Waals surface area contributed by atoms with Crippen molar-refractivity contribution in [1.82, 2.24) is 0 Å². The molecule has 0 saturated heterocycles. The van der Waals surface area contributed by atoms with Crippen molar-refractivity contribution in [2.75, 3.05) is 24.2 Å². The minimum atomic E-state index is -3.61. The van der Waals surface area contributed by atoms with Gasteiger partial charge in [0.25, 0.3) is 10.0 Å². The average Bonchev–Trinajstić information content (AvgIpc) is 2.47. The maximum absolute atomic E-state index is 12.3. The fourth-order valence-electron chi connectivity index (χ4n) is 1.94. The Bertz CT molecular complexity index is 725. The summed E-state index contributed by atoms with van der Waals surface area (Å²) >= 11 is 0. The van der Waals surface area contributed by atoms with E-state index in [0.29, 0.717) is 11.4 Å². The summed E-state index contributed by atoms with van der Waals surface area (Å²) in [6.45, 7) is 1.81. The van der Waals surface area contributed by atoms with Gasteiger partial charge in [-0.05, 0) is 55.0 Å². The van der Waals surface area contributed by atoms with Crippen molar-refractivity contribution in [2.24, 2.45) is 0 Å². The Kier molecular flexibility index (Phi) is 4.37. The lowest BCUT2D eigenvalue weighted by Crippen LogP contribution is -2.13. The van der Waals surface area contributed by atoms with Crippen molar-refractivity contribution in [3.8, 4) is 5.75 Å². The SMILES string of the molecule is CNc1ccc(NS(=O)(=O)c2ccc(OC)c(C)c2)cc1. The highest BCUT2D eigenvalue weighted by molar-refractivity contribution is 7.92. The van der Waals surface area contributed by atoms with Crippen LogP contribution < -0.4 is 14.8 Å². The number of sulfonamides is 1. The van der Waals surface area contributed by atoms with E-state index in [9.17, 15) is 8.42 Å². The first-order chi connectivity index (χ1) is 9.96. The van der Waals surface area contributed by atoms with Gasteiger partial charge in [-0.15, -0.1) is 0 Å². The molecule has 5 nitrogen and oxygen atoms in total. The Balaban J connectivity index is 2.26. The van der Waals surface area contributed by atoms with E-state index >= 15 is 0 Å². The summed E-state index contributed by atoms with van der Waals surface area (Å²) in [5, 5.41) is 2.98. The third-order valence-corrected chi connectivity index (χ3v) is 4.48. The molecule has 0 aliphatic heterocycles. The van der Waals surface area contributed by atoms with Crippen LogP contribution in [0.25, 0.3) is 0 Å². The summed E-state index contributed by atoms with van der Waals surface area (Å²) < 4.78 is 32.4. The van der Waals surface area contributed by atoms with E-state index in [1.807, 2.05) is 0 Å². The molecular formula is C15H18N2O3S. The smallest absolute Gasteiger partial charge is 0.261 e. The second-order valence-electron chi connectivity index (χ2n) is 4.56. The number of methoxy groups -OCH3 is 1. The zero-order chi connectivity index (χ0) is 15.5. The zero-order valence-electron chi connectivity index (χ0n) is 12.2. The predicted octanol–water partition coefficient (Wildman–Crippen LogP) is 2.85. The second-order valence-corrected chi connectivity index (χ2v) is 6.25. The Hall–Kier alpha value is -2.21. The molecule has 2 N–H and O–H groups in total. The topological polar surface area (TPSA) is 67.4 Å². The highest BCUT2D eigenvalue weighted by Crippen LogP contribution is 2.23. The number of hydrogen-bond acceptors (Lipinski definition) is 4. The number of hydrogen-bond donors (Lipinski definition) is 2. The molecule has 0 radical (unpaired) electrons. The van der Waals surface area contributed by atoms with Crippen LogP contribution in [-0.2, 0) is 10.0 Å². The molecule has 0 aliphatic carbocycles. The minimum Gasteiger partial charge on any atom is -0.496 e. The van der Waals surface area contributed by atoms with E-state index in [-0.39, 0.29) is 4.90 Å². The average molecular weight is 306 g/mol. The van der Waals surface area contributed by atoms with Crippen molar-refractivity contribution >= 4 is 21.4 Å². The van der Waals surface area contributed by atoms with Crippen LogP contribution in [0, 0.1) is 6.92 Å². The first-order valence-corrected chi connectivity index (χ1v) is 7.90. The van der Waals surface area contributed by atoms with Gasteiger partial charge in [0.1, 0.15) is 5.75 Å². The van der Waals surface area contributed by atoms with Crippen LogP contribution in [-0.4, -0.2) is 22.6 Å². The van der Waals surface area contributed by atoms with Crippen molar-refractivity contribution in [1.29, 1.82) is 0 Å². The van der Waals surface area contributed by atoms with Crippen LogP contribution in [0.4, 0.5) is 11.4 Å². The molecule has 0 spiro atoms. The standard InChI is InChI=1S/C15H18N2O3S/c1-11-10-14(8-9-15(11)20-3)21(18,19)17-13-6-4-12(16-2)5-7-13/h4-10,16-17H,1-3H3. The summed E-state index contributed by atoms with van der Waals surface area (Å²) in [5.41, 5.74) is 2.20. The van der Waals surface area contributed by atoms with Gasteiger partial charge in [0.05, 0.1) is 12.0 Å². The lowest BCUT2D eigenvalue weighted by molar-refractivity contribution is 0.411. The molecule has 0 unspecified atom stereocenters. The third-order valence-electron chi connectivity index (χ3n) is 3.10. The molecule has 0 atom stereocenters. The summed E-state index contributed by atoms with van der Waals surface area (Å²) in [4.78, 5) is 0.207. The molecule has 112 valence electrons. The summed E-state index contributed by atoms with van der Waals surface area (Å²) in [6.07, 6.45) is 0. The van der Waals surface area contributed by atoms with Crippen molar-refractivity contribution in [2.45, 2.75) is 11.8 Å². The largest absolute Gasteiger partial charge is 0.496 e. The predicted molar refractivity (Wildman–Crippen MR) is 84.5 cm³/mol. The highest BCUT2D eigenvalue weighted by atomic mass is 32.2. The molecule has 0 saturated carbocycles. The number of anilines is 2. The van der Waals surface area contributed by atoms with Gasteiger partial charge in [-0.3, -0.25) is 4.72 Å². The van der Waals surface area contributed by atoms with Gasteiger partial charge in [-0.1, -0.05) is 0 Å². The van der Waals surface area contributed by atoms with E-state index < -0.39 is 10.0 Å². The van der Waals surface area contributed by atoms with E-state index in [0.717, 1.165) is 11.3 Å². The van der Waals surface area contributed by atoms with Gasteiger partial charge in [0, 0.05) is 18.4 Å². The minimum absolute atomic E-state index is 0.207. The van der Waals surface area contributed by atoms with Crippen LogP contribution in [0.3, 0.4) is 0 Å². The van der Waals surface area contributed by atoms with Crippen LogP contribution in [0.5, 0.6) is 5.75 Å². The van der Waals surface area contributed by atoms with E-state index in [1.54, 1.807) is 57.5 Å². The molecule has 0 bridgehead atoms. The Morgan fingerprint density at radius 1 is 1.00 bits per heavy atom. The molecule has 2 aromatic rings. The third kappa shape index (κ3) is 3.46. The fraction of sp³-hybridized carbons (Fsp3) is 0.200. The second kappa shape index (κ2) is 6.05. The Labute approximate surface area is 125 Å². The molecule has 6 heteroatoms. The number of benzene rings is 2. The summed E-state index contributed by atoms with van der Waals surface area (Å²) in [5.74, 6) is 0.660. The molecule has 0 aromatic heterocycles. The van der Waals surface area contributed by atoms with Gasteiger partial charge < -0.3 is 10.1 Å². The van der Waals surface area contributed by atoms with E-state index in [2.05, 4.69) is 10.0 Å². The van der Waals surface area contributed by atoms with Crippen LogP contribution in [0.2, 0.25) is 0 Å². The number of nitrogens with one attached hydrogen (secondary N) is 2. The highest BCUT2D eigenvalue weighted by Gasteiger charge is 2.15. The molecule has 0 aliphatic rings. The maximum Gasteiger partial charge on any atom is 0.261 e. The molecule has 21 heavy (non-hydrogen) atoms. The zero-order valence-corrected chi connectivity index (χ0v) is 13.0. The number of ether oxygens (including phenoxy) is 1. The van der Waals surface area contributed by atoms with Crippen molar-refractivity contribution < 1.29 is 13.2 Å². The Morgan fingerprint density at radius 2 is 1.62 bits per heavy atom. The first-order valence-electron chi connectivity index (χ1n) is 6.41. The normalized spacial score (nSPS) is 11.0. The number of rotatable bonds is 5. The van der Waals surface area contributed by atoms with Crippen molar-refractivity contribution in [3.63, 3.8) is 0 Å². The van der Waals surface area contributed by atoms with Crippen LogP contribution >= 0.6 is 0 Å². The molecule has 0 amide bonds. The maximum atomic E-state index is 12.3. The molecular weight excluding hydrogens is 288 g/mol. The van der Waals surface area contributed by atoms with Gasteiger partial charge in [-0.2, -0.15) is 0 Å². The molecule has 0 heterocycles. The van der Waals surface area contributed by atoms with E-state index in [4.69, 9.17) is 4.74 Å². The van der Waals surface area contributed by atoms with Crippen LogP contribution in [0.1, 0.15) is 5.56 Å². The number of aryl methyl sites for hydroxylation is 1. The molecule has 2 aromatic carbocycles. The first kappa shape index (κ1) is 15.2. The van der Waals surface area contributed by atoms with Gasteiger partial charge >= 0.3 is 0 Å². The van der Waals surface area contributed by atoms with Gasteiger partial charge in [-0.25, -0.2) is 8.42 Å². The van der Waals surface area contributed by atoms with Gasteiger partial charge in [0.2, 0.25) is 0 Å². The molecule has 0 fully saturated rings. The monoisotopic (exact) mass is 306 g/mol. The quantitative estimate of drug-likeness (QED) is 0.891. The fourth-order valence-corrected chi connectivity index (χ4v) is 3.08. The lowest BCUT2D eigenvalue weighted by Gasteiger charge is -2.11. The summed E-state index contributed by atoms with van der Waals surface area (Å²) in [7, 11) is -0.248.